The van der Waals surface area contributed by atoms with Crippen molar-refractivity contribution in [2.75, 3.05) is 0 Å². The van der Waals surface area contributed by atoms with Crippen LogP contribution in [0.1, 0.15) is 34.6 Å². The van der Waals surface area contributed by atoms with Gasteiger partial charge in [0.15, 0.2) is 0 Å². The van der Waals surface area contributed by atoms with Crippen molar-refractivity contribution in [2.24, 2.45) is 16.7 Å². The summed E-state index contributed by atoms with van der Waals surface area (Å²) >= 11 is 0. The maximum Gasteiger partial charge on any atom is -0.00953 e. The fraction of sp³-hybridized carbons (Fsp3) is 0.800. The van der Waals surface area contributed by atoms with E-state index in [9.17, 15) is 0 Å². The van der Waals surface area contributed by atoms with Crippen LogP contribution in [0.3, 0.4) is 0 Å². The Kier molecular flexibility index (Phi) is 1.30. The molecule has 0 aromatic rings. The highest BCUT2D eigenvalue weighted by molar-refractivity contribution is 5.24. The highest BCUT2D eigenvalue weighted by Crippen LogP contribution is 2.70. The SMILES string of the molecule is C=C(C)C1C(C)(C)C1(C)C. The lowest BCUT2D eigenvalue weighted by molar-refractivity contribution is 0.457. The molecule has 58 valence electrons. The summed E-state index contributed by atoms with van der Waals surface area (Å²) in [5.74, 6) is 0.736. The minimum atomic E-state index is 0.485. The first-order valence-electron chi connectivity index (χ1n) is 3.97. The van der Waals surface area contributed by atoms with Gasteiger partial charge in [-0.05, 0) is 23.7 Å². The average molecular weight is 138 g/mol. The summed E-state index contributed by atoms with van der Waals surface area (Å²) in [7, 11) is 0. The van der Waals surface area contributed by atoms with Crippen LogP contribution in [-0.2, 0) is 0 Å². The van der Waals surface area contributed by atoms with Gasteiger partial charge in [0.1, 0.15) is 0 Å². The van der Waals surface area contributed by atoms with Crippen molar-refractivity contribution in [3.05, 3.63) is 12.2 Å². The Bertz CT molecular complexity index is 158. The fourth-order valence-electron chi connectivity index (χ4n) is 2.43. The molecular weight excluding hydrogens is 120 g/mol. The monoisotopic (exact) mass is 138 g/mol. The molecule has 0 aromatic carbocycles. The molecule has 0 aromatic heterocycles. The molecule has 0 nitrogen and oxygen atoms in total. The number of hydrogen-bond acceptors (Lipinski definition) is 0. The maximum atomic E-state index is 4.01. The van der Waals surface area contributed by atoms with Crippen molar-refractivity contribution in [3.8, 4) is 0 Å². The Hall–Kier alpha value is -0.260. The minimum absolute atomic E-state index is 0.485. The molecular formula is C10H18. The van der Waals surface area contributed by atoms with Gasteiger partial charge in [-0.3, -0.25) is 0 Å². The van der Waals surface area contributed by atoms with Crippen LogP contribution in [0.2, 0.25) is 0 Å². The second-order valence-electron chi connectivity index (χ2n) is 4.72. The first-order valence-corrected chi connectivity index (χ1v) is 3.97. The standard InChI is InChI=1S/C10H18/c1-7(2)8-9(3,4)10(8,5)6/h8H,1H2,2-6H3. The Balaban J connectivity index is 2.81. The van der Waals surface area contributed by atoms with Crippen LogP contribution < -0.4 is 0 Å². The highest BCUT2D eigenvalue weighted by atomic mass is 14.7. The first-order chi connectivity index (χ1) is 4.32. The second kappa shape index (κ2) is 1.66. The molecule has 0 atom stereocenters. The van der Waals surface area contributed by atoms with E-state index in [1.54, 1.807) is 0 Å². The van der Waals surface area contributed by atoms with Crippen LogP contribution in [0.25, 0.3) is 0 Å². The number of rotatable bonds is 1. The molecule has 0 spiro atoms. The fourth-order valence-corrected chi connectivity index (χ4v) is 2.43. The molecule has 0 unspecified atom stereocenters. The van der Waals surface area contributed by atoms with Crippen LogP contribution in [-0.4, -0.2) is 0 Å². The van der Waals surface area contributed by atoms with E-state index >= 15 is 0 Å². The van der Waals surface area contributed by atoms with Gasteiger partial charge in [-0.1, -0.05) is 39.8 Å². The van der Waals surface area contributed by atoms with Crippen molar-refractivity contribution in [3.63, 3.8) is 0 Å². The third-order valence-corrected chi connectivity index (χ3v) is 3.51. The van der Waals surface area contributed by atoms with E-state index < -0.39 is 0 Å². The van der Waals surface area contributed by atoms with Gasteiger partial charge in [0.05, 0.1) is 0 Å². The zero-order chi connectivity index (χ0) is 8.15. The maximum absolute atomic E-state index is 4.01. The van der Waals surface area contributed by atoms with E-state index in [4.69, 9.17) is 0 Å². The zero-order valence-electron chi connectivity index (χ0n) is 7.78. The molecule has 0 heterocycles. The zero-order valence-corrected chi connectivity index (χ0v) is 7.78. The molecule has 1 aliphatic rings. The predicted octanol–water partition coefficient (Wildman–Crippen LogP) is 3.24. The highest BCUT2D eigenvalue weighted by Gasteiger charge is 2.64. The van der Waals surface area contributed by atoms with Gasteiger partial charge >= 0.3 is 0 Å². The Labute approximate surface area is 64.3 Å². The van der Waals surface area contributed by atoms with Crippen LogP contribution in [0.15, 0.2) is 12.2 Å². The predicted molar refractivity (Wildman–Crippen MR) is 45.9 cm³/mol. The van der Waals surface area contributed by atoms with Gasteiger partial charge in [-0.15, -0.1) is 0 Å². The van der Waals surface area contributed by atoms with Crippen LogP contribution in [0, 0.1) is 16.7 Å². The molecule has 0 N–H and O–H groups in total. The summed E-state index contributed by atoms with van der Waals surface area (Å²) in [6.45, 7) is 15.5. The molecule has 0 bridgehead atoms. The van der Waals surface area contributed by atoms with E-state index in [0.29, 0.717) is 10.8 Å². The van der Waals surface area contributed by atoms with Crippen LogP contribution >= 0.6 is 0 Å². The number of hydrogen-bond donors (Lipinski definition) is 0. The van der Waals surface area contributed by atoms with Crippen molar-refractivity contribution >= 4 is 0 Å². The molecule has 0 amide bonds. The summed E-state index contributed by atoms with van der Waals surface area (Å²) in [6, 6.07) is 0. The van der Waals surface area contributed by atoms with Gasteiger partial charge < -0.3 is 0 Å². The second-order valence-corrected chi connectivity index (χ2v) is 4.72. The van der Waals surface area contributed by atoms with Crippen LogP contribution in [0.4, 0.5) is 0 Å². The van der Waals surface area contributed by atoms with Crippen molar-refractivity contribution in [2.45, 2.75) is 34.6 Å². The van der Waals surface area contributed by atoms with E-state index in [2.05, 4.69) is 41.2 Å². The van der Waals surface area contributed by atoms with E-state index in [0.717, 1.165) is 5.92 Å². The molecule has 0 heteroatoms. The number of allylic oxidation sites excluding steroid dienone is 1. The molecule has 1 aliphatic carbocycles. The minimum Gasteiger partial charge on any atom is -0.0998 e. The van der Waals surface area contributed by atoms with Crippen molar-refractivity contribution in [1.82, 2.24) is 0 Å². The summed E-state index contributed by atoms with van der Waals surface area (Å²) < 4.78 is 0. The molecule has 0 aliphatic heterocycles. The third-order valence-electron chi connectivity index (χ3n) is 3.51. The molecule has 0 radical (unpaired) electrons. The lowest BCUT2D eigenvalue weighted by atomic mass is 10.0. The lowest BCUT2D eigenvalue weighted by Gasteiger charge is -2.03. The average Bonchev–Trinajstić information content (AvgIpc) is 1.97. The summed E-state index contributed by atoms with van der Waals surface area (Å²) in [5, 5.41) is 0. The van der Waals surface area contributed by atoms with Crippen molar-refractivity contribution < 1.29 is 0 Å². The van der Waals surface area contributed by atoms with Gasteiger partial charge in [-0.25, -0.2) is 0 Å². The van der Waals surface area contributed by atoms with Crippen LogP contribution in [0.5, 0.6) is 0 Å². The quantitative estimate of drug-likeness (QED) is 0.488. The van der Waals surface area contributed by atoms with E-state index in [1.807, 2.05) is 0 Å². The van der Waals surface area contributed by atoms with E-state index in [-0.39, 0.29) is 0 Å². The molecule has 0 saturated heterocycles. The molecule has 1 rings (SSSR count). The molecule has 1 fully saturated rings. The first kappa shape index (κ1) is 7.84. The molecule has 10 heavy (non-hydrogen) atoms. The Morgan fingerprint density at radius 3 is 1.40 bits per heavy atom. The van der Waals surface area contributed by atoms with Gasteiger partial charge in [0, 0.05) is 0 Å². The summed E-state index contributed by atoms with van der Waals surface area (Å²) in [5.41, 5.74) is 2.31. The van der Waals surface area contributed by atoms with Gasteiger partial charge in [-0.2, -0.15) is 0 Å². The Morgan fingerprint density at radius 2 is 1.40 bits per heavy atom. The van der Waals surface area contributed by atoms with Gasteiger partial charge in [0.2, 0.25) is 0 Å². The lowest BCUT2D eigenvalue weighted by Crippen LogP contribution is -1.95. The summed E-state index contributed by atoms with van der Waals surface area (Å²) in [6.07, 6.45) is 0. The van der Waals surface area contributed by atoms with Crippen molar-refractivity contribution in [1.29, 1.82) is 0 Å². The normalized spacial score (nSPS) is 28.1. The third kappa shape index (κ3) is 0.680. The van der Waals surface area contributed by atoms with Gasteiger partial charge in [0.25, 0.3) is 0 Å². The topological polar surface area (TPSA) is 0 Å². The largest absolute Gasteiger partial charge is 0.0998 e. The smallest absolute Gasteiger partial charge is 0.00953 e. The summed E-state index contributed by atoms with van der Waals surface area (Å²) in [4.78, 5) is 0. The van der Waals surface area contributed by atoms with E-state index in [1.165, 1.54) is 5.57 Å². The Morgan fingerprint density at radius 1 is 1.10 bits per heavy atom. The molecule has 1 saturated carbocycles.